The number of esters is 1. The van der Waals surface area contributed by atoms with Crippen molar-refractivity contribution in [1.29, 1.82) is 10.8 Å². The molecule has 134 valence electrons. The Hall–Kier alpha value is -1.60. The second-order valence-corrected chi connectivity index (χ2v) is 8.20. The van der Waals surface area contributed by atoms with Crippen molar-refractivity contribution < 1.29 is 9.53 Å². The van der Waals surface area contributed by atoms with Crippen molar-refractivity contribution in [1.82, 2.24) is 4.98 Å². The lowest BCUT2D eigenvalue weighted by Crippen LogP contribution is -2.27. The second-order valence-electron chi connectivity index (χ2n) is 6.79. The average molecular weight is 381 g/mol. The third-order valence-corrected chi connectivity index (χ3v) is 6.80. The molecule has 0 spiro atoms. The molecule has 1 aromatic rings. The maximum absolute atomic E-state index is 12.1. The highest BCUT2D eigenvalue weighted by Crippen LogP contribution is 2.63. The van der Waals surface area contributed by atoms with E-state index in [9.17, 15) is 4.79 Å². The van der Waals surface area contributed by atoms with Crippen LogP contribution in [0.15, 0.2) is 12.3 Å². The van der Waals surface area contributed by atoms with Crippen LogP contribution in [0.1, 0.15) is 37.7 Å². The molecule has 2 saturated carbocycles. The first-order valence-corrected chi connectivity index (χ1v) is 9.33. The molecule has 0 aromatic carbocycles. The van der Waals surface area contributed by atoms with Crippen molar-refractivity contribution in [3.05, 3.63) is 23.0 Å². The van der Waals surface area contributed by atoms with Gasteiger partial charge in [0.1, 0.15) is 10.2 Å². The van der Waals surface area contributed by atoms with Gasteiger partial charge in [-0.15, -0.1) is 0 Å². The predicted octanol–water partition coefficient (Wildman–Crippen LogP) is 3.94. The van der Waals surface area contributed by atoms with Gasteiger partial charge in [0, 0.05) is 29.9 Å². The molecule has 0 aliphatic heterocycles. The smallest absolute Gasteiger partial charge is 0.311 e. The summed E-state index contributed by atoms with van der Waals surface area (Å²) in [6.07, 6.45) is 5.35. The molecule has 8 heteroatoms. The van der Waals surface area contributed by atoms with Gasteiger partial charge >= 0.3 is 5.97 Å². The lowest BCUT2D eigenvalue weighted by atomic mass is 9.82. The zero-order chi connectivity index (χ0) is 18.2. The zero-order valence-electron chi connectivity index (χ0n) is 14.2. The molecule has 0 radical (unpaired) electrons. The predicted molar refractivity (Wildman–Crippen MR) is 101 cm³/mol. The van der Waals surface area contributed by atoms with Crippen molar-refractivity contribution in [3.8, 4) is 0 Å². The van der Waals surface area contributed by atoms with Crippen LogP contribution >= 0.6 is 23.4 Å². The molecule has 1 heterocycles. The van der Waals surface area contributed by atoms with Gasteiger partial charge < -0.3 is 10.1 Å². The highest BCUT2D eigenvalue weighted by Gasteiger charge is 2.60. The number of fused-ring (bicyclic) bond motifs is 2. The number of methoxy groups -OCH3 is 1. The van der Waals surface area contributed by atoms with E-state index in [-0.39, 0.29) is 16.4 Å². The van der Waals surface area contributed by atoms with Gasteiger partial charge in [-0.2, -0.15) is 0 Å². The number of ether oxygens (including phenoxy) is 1. The first-order valence-electron chi connectivity index (χ1n) is 8.13. The molecule has 0 amide bonds. The SMILES string of the molecule is CNc1cc(Cl)ncc1C(=N)SC(=N)C12CCC(C(=O)OC)(CC1)C2. The molecule has 2 aliphatic carbocycles. The van der Waals surface area contributed by atoms with Crippen LogP contribution in [0.2, 0.25) is 5.15 Å². The number of hydrogen-bond donors (Lipinski definition) is 3. The number of aromatic nitrogens is 1. The number of rotatable bonds is 4. The molecule has 0 unspecified atom stereocenters. The fourth-order valence-corrected chi connectivity index (χ4v) is 5.22. The van der Waals surface area contributed by atoms with Crippen molar-refractivity contribution in [2.45, 2.75) is 32.1 Å². The molecule has 2 fully saturated rings. The van der Waals surface area contributed by atoms with Gasteiger partial charge in [0.05, 0.1) is 17.6 Å². The van der Waals surface area contributed by atoms with E-state index in [4.69, 9.17) is 27.2 Å². The molecular weight excluding hydrogens is 360 g/mol. The van der Waals surface area contributed by atoms with Crippen LogP contribution in [0.5, 0.6) is 0 Å². The summed E-state index contributed by atoms with van der Waals surface area (Å²) < 4.78 is 4.98. The van der Waals surface area contributed by atoms with Crippen LogP contribution in [0.25, 0.3) is 0 Å². The van der Waals surface area contributed by atoms with Gasteiger partial charge in [-0.3, -0.25) is 15.6 Å². The van der Waals surface area contributed by atoms with Gasteiger partial charge in [-0.1, -0.05) is 23.4 Å². The molecule has 2 bridgehead atoms. The Labute approximate surface area is 156 Å². The van der Waals surface area contributed by atoms with E-state index < -0.39 is 5.41 Å². The van der Waals surface area contributed by atoms with E-state index in [0.29, 0.717) is 27.9 Å². The summed E-state index contributed by atoms with van der Waals surface area (Å²) >= 11 is 7.05. The largest absolute Gasteiger partial charge is 0.469 e. The first kappa shape index (κ1) is 18.2. The topological polar surface area (TPSA) is 98.9 Å². The monoisotopic (exact) mass is 380 g/mol. The standard InChI is InChI=1S/C17H21ClN4O2S/c1-21-11-7-12(18)22-8-10(11)13(19)25-14(20)16-3-5-17(9-16,6-4-16)15(23)24-2/h7-8,19-20H,3-6,9H2,1-2H3,(H,21,22). The van der Waals surface area contributed by atoms with Gasteiger partial charge in [0.25, 0.3) is 0 Å². The number of pyridine rings is 1. The van der Waals surface area contributed by atoms with E-state index in [0.717, 1.165) is 37.4 Å². The van der Waals surface area contributed by atoms with Crippen molar-refractivity contribution >= 4 is 45.1 Å². The Balaban J connectivity index is 1.76. The number of thioether (sulfide) groups is 1. The number of anilines is 1. The van der Waals surface area contributed by atoms with Crippen LogP contribution in [0, 0.1) is 21.6 Å². The molecule has 2 aliphatic rings. The summed E-state index contributed by atoms with van der Waals surface area (Å²) in [4.78, 5) is 16.2. The van der Waals surface area contributed by atoms with Gasteiger partial charge in [-0.25, -0.2) is 4.98 Å². The Kier molecular flexibility index (Phi) is 4.81. The summed E-state index contributed by atoms with van der Waals surface area (Å²) in [5.74, 6) is -0.154. The van der Waals surface area contributed by atoms with Gasteiger partial charge in [0.2, 0.25) is 0 Å². The minimum Gasteiger partial charge on any atom is -0.469 e. The Morgan fingerprint density at radius 1 is 1.32 bits per heavy atom. The number of halogens is 1. The zero-order valence-corrected chi connectivity index (χ0v) is 15.8. The molecule has 3 N–H and O–H groups in total. The minimum atomic E-state index is -0.429. The number of nitrogens with zero attached hydrogens (tertiary/aromatic N) is 1. The summed E-state index contributed by atoms with van der Waals surface area (Å²) in [7, 11) is 3.19. The average Bonchev–Trinajstić information content (AvgIpc) is 3.19. The number of nitrogens with one attached hydrogen (secondary N) is 3. The first-order chi connectivity index (χ1) is 11.9. The van der Waals surface area contributed by atoms with Gasteiger partial charge in [0.15, 0.2) is 0 Å². The quantitative estimate of drug-likeness (QED) is 0.318. The molecule has 1 aromatic heterocycles. The fourth-order valence-electron chi connectivity index (χ4n) is 4.09. The third-order valence-electron chi connectivity index (χ3n) is 5.53. The summed E-state index contributed by atoms with van der Waals surface area (Å²) in [5, 5.41) is 21.1. The van der Waals surface area contributed by atoms with Crippen molar-refractivity contribution in [3.63, 3.8) is 0 Å². The maximum atomic E-state index is 12.1. The summed E-state index contributed by atoms with van der Waals surface area (Å²) in [6, 6.07) is 1.67. The van der Waals surface area contributed by atoms with E-state index >= 15 is 0 Å². The Bertz CT molecular complexity index is 744. The molecule has 25 heavy (non-hydrogen) atoms. The van der Waals surface area contributed by atoms with Gasteiger partial charge in [-0.05, 0) is 38.2 Å². The third kappa shape index (κ3) is 3.04. The highest BCUT2D eigenvalue weighted by molar-refractivity contribution is 8.26. The summed E-state index contributed by atoms with van der Waals surface area (Å²) in [6.45, 7) is 0. The van der Waals surface area contributed by atoms with Crippen LogP contribution in [-0.4, -0.2) is 35.2 Å². The number of carbonyl (C=O) groups is 1. The minimum absolute atomic E-state index is 0.154. The van der Waals surface area contributed by atoms with Crippen molar-refractivity contribution in [2.75, 3.05) is 19.5 Å². The van der Waals surface area contributed by atoms with Crippen LogP contribution in [0.3, 0.4) is 0 Å². The Morgan fingerprint density at radius 3 is 2.56 bits per heavy atom. The molecule has 3 rings (SSSR count). The molecule has 0 saturated heterocycles. The van der Waals surface area contributed by atoms with Crippen LogP contribution < -0.4 is 5.32 Å². The molecular formula is C17H21ClN4O2S. The second kappa shape index (κ2) is 6.61. The molecule has 0 atom stereocenters. The van der Waals surface area contributed by atoms with E-state index in [1.165, 1.54) is 7.11 Å². The van der Waals surface area contributed by atoms with E-state index in [2.05, 4.69) is 10.3 Å². The van der Waals surface area contributed by atoms with Crippen molar-refractivity contribution in [2.24, 2.45) is 10.8 Å². The number of hydrogen-bond acceptors (Lipinski definition) is 7. The lowest BCUT2D eigenvalue weighted by molar-refractivity contribution is -0.152. The van der Waals surface area contributed by atoms with Crippen LogP contribution in [-0.2, 0) is 9.53 Å². The summed E-state index contributed by atoms with van der Waals surface area (Å²) in [5.41, 5.74) is 0.602. The fraction of sp³-hybridized carbons (Fsp3) is 0.529. The normalized spacial score (nSPS) is 27.2. The van der Waals surface area contributed by atoms with E-state index in [1.807, 2.05) is 0 Å². The van der Waals surface area contributed by atoms with Crippen LogP contribution in [0.4, 0.5) is 5.69 Å². The highest BCUT2D eigenvalue weighted by atomic mass is 35.5. The number of carbonyl (C=O) groups excluding carboxylic acids is 1. The lowest BCUT2D eigenvalue weighted by Gasteiger charge is -2.27. The Morgan fingerprint density at radius 2 is 1.96 bits per heavy atom. The van der Waals surface area contributed by atoms with E-state index in [1.54, 1.807) is 19.3 Å². The maximum Gasteiger partial charge on any atom is 0.311 e. The molecule has 6 nitrogen and oxygen atoms in total.